The molecule has 0 aliphatic carbocycles. The first-order valence-electron chi connectivity index (χ1n) is 7.11. The zero-order chi connectivity index (χ0) is 15.3. The highest BCUT2D eigenvalue weighted by Crippen LogP contribution is 2.19. The zero-order valence-corrected chi connectivity index (χ0v) is 13.0. The molecule has 1 amide bonds. The average molecular weight is 315 g/mol. The van der Waals surface area contributed by atoms with Crippen LogP contribution >= 0.6 is 0 Å². The van der Waals surface area contributed by atoms with Gasteiger partial charge in [-0.05, 0) is 19.8 Å². The van der Waals surface area contributed by atoms with Gasteiger partial charge in [-0.2, -0.15) is 0 Å². The van der Waals surface area contributed by atoms with E-state index in [2.05, 4.69) is 4.98 Å². The molecule has 8 heteroatoms. The third-order valence-corrected chi connectivity index (χ3v) is 5.28. The third kappa shape index (κ3) is 4.45. The number of carbonyl (C=O) groups is 1. The van der Waals surface area contributed by atoms with E-state index in [-0.39, 0.29) is 24.2 Å². The molecular formula is C13H21N3O4S. The molecule has 1 aliphatic heterocycles. The molecule has 1 aliphatic rings. The first-order valence-corrected chi connectivity index (χ1v) is 8.93. The Labute approximate surface area is 124 Å². The smallest absolute Gasteiger partial charge is 0.410 e. The van der Waals surface area contributed by atoms with Crippen LogP contribution in [-0.2, 0) is 21.1 Å². The summed E-state index contributed by atoms with van der Waals surface area (Å²) in [4.78, 5) is 17.5. The summed E-state index contributed by atoms with van der Waals surface area (Å²) in [5, 5.41) is 0. The van der Waals surface area contributed by atoms with Gasteiger partial charge in [-0.25, -0.2) is 18.2 Å². The molecule has 118 valence electrons. The molecule has 1 unspecified atom stereocenters. The van der Waals surface area contributed by atoms with Crippen molar-refractivity contribution in [1.29, 1.82) is 0 Å². The van der Waals surface area contributed by atoms with Crippen molar-refractivity contribution in [3.05, 3.63) is 18.7 Å². The van der Waals surface area contributed by atoms with Crippen molar-refractivity contribution < 1.29 is 17.9 Å². The van der Waals surface area contributed by atoms with Gasteiger partial charge in [0.2, 0.25) is 0 Å². The summed E-state index contributed by atoms with van der Waals surface area (Å²) in [6.45, 7) is 3.25. The predicted molar refractivity (Wildman–Crippen MR) is 77.6 cm³/mol. The van der Waals surface area contributed by atoms with Gasteiger partial charge in [0, 0.05) is 31.5 Å². The Bertz CT molecular complexity index is 556. The van der Waals surface area contributed by atoms with Crippen LogP contribution in [0.2, 0.25) is 0 Å². The number of carbonyl (C=O) groups excluding carboxylic acids is 1. The third-order valence-electron chi connectivity index (χ3n) is 3.53. The van der Waals surface area contributed by atoms with Crippen LogP contribution in [0.5, 0.6) is 0 Å². The number of hydrogen-bond acceptors (Lipinski definition) is 5. The van der Waals surface area contributed by atoms with Crippen molar-refractivity contribution in [3.8, 4) is 0 Å². The molecule has 0 N–H and O–H groups in total. The molecule has 7 nitrogen and oxygen atoms in total. The largest absolute Gasteiger partial charge is 0.450 e. The van der Waals surface area contributed by atoms with E-state index in [9.17, 15) is 13.2 Å². The highest BCUT2D eigenvalue weighted by Gasteiger charge is 2.35. The molecule has 0 radical (unpaired) electrons. The Morgan fingerprint density at radius 1 is 1.52 bits per heavy atom. The van der Waals surface area contributed by atoms with Gasteiger partial charge in [0.25, 0.3) is 0 Å². The maximum absolute atomic E-state index is 12.0. The first-order chi connectivity index (χ1) is 10.0. The second-order valence-corrected chi connectivity index (χ2v) is 7.33. The van der Waals surface area contributed by atoms with E-state index in [4.69, 9.17) is 4.74 Å². The van der Waals surface area contributed by atoms with Crippen LogP contribution in [0.15, 0.2) is 18.7 Å². The SMILES string of the molecule is CCOC(=O)N(CCCn1ccnc1)C1CCS(=O)(=O)C1. The van der Waals surface area contributed by atoms with Crippen molar-refractivity contribution in [2.45, 2.75) is 32.4 Å². The van der Waals surface area contributed by atoms with Crippen molar-refractivity contribution in [3.63, 3.8) is 0 Å². The van der Waals surface area contributed by atoms with Gasteiger partial charge in [-0.3, -0.25) is 0 Å². The average Bonchev–Trinajstić information content (AvgIpc) is 3.04. The highest BCUT2D eigenvalue weighted by molar-refractivity contribution is 7.91. The molecule has 1 saturated heterocycles. The van der Waals surface area contributed by atoms with Crippen LogP contribution in [0.3, 0.4) is 0 Å². The zero-order valence-electron chi connectivity index (χ0n) is 12.1. The van der Waals surface area contributed by atoms with Gasteiger partial charge >= 0.3 is 6.09 Å². The first kappa shape index (κ1) is 15.8. The summed E-state index contributed by atoms with van der Waals surface area (Å²) < 4.78 is 30.2. The number of aromatic nitrogens is 2. The lowest BCUT2D eigenvalue weighted by molar-refractivity contribution is 0.0930. The summed E-state index contributed by atoms with van der Waals surface area (Å²) in [6, 6.07) is -0.267. The quantitative estimate of drug-likeness (QED) is 0.779. The minimum atomic E-state index is -3.02. The topological polar surface area (TPSA) is 81.5 Å². The number of aryl methyl sites for hydroxylation is 1. The van der Waals surface area contributed by atoms with Crippen LogP contribution in [0.4, 0.5) is 4.79 Å². The van der Waals surface area contributed by atoms with E-state index < -0.39 is 15.9 Å². The molecule has 0 spiro atoms. The van der Waals surface area contributed by atoms with E-state index in [0.717, 1.165) is 13.0 Å². The minimum absolute atomic E-state index is 0.0386. The van der Waals surface area contributed by atoms with Crippen molar-refractivity contribution in [1.82, 2.24) is 14.5 Å². The molecule has 2 rings (SSSR count). The van der Waals surface area contributed by atoms with Crippen LogP contribution in [0, 0.1) is 0 Å². The number of ether oxygens (including phenoxy) is 1. The number of sulfone groups is 1. The molecule has 1 fully saturated rings. The minimum Gasteiger partial charge on any atom is -0.450 e. The van der Waals surface area contributed by atoms with E-state index in [1.54, 1.807) is 24.3 Å². The normalized spacial score (nSPS) is 20.3. The van der Waals surface area contributed by atoms with E-state index in [1.165, 1.54) is 0 Å². The standard InChI is InChI=1S/C13H21N3O4S/c1-2-20-13(17)16(12-4-9-21(18,19)10-12)7-3-6-15-8-5-14-11-15/h5,8,11-12H,2-4,6-7,9-10H2,1H3. The summed E-state index contributed by atoms with van der Waals surface area (Å²) >= 11 is 0. The molecule has 1 aromatic heterocycles. The van der Waals surface area contributed by atoms with Gasteiger partial charge in [0.05, 0.1) is 24.4 Å². The Hall–Kier alpha value is -1.57. The monoisotopic (exact) mass is 315 g/mol. The maximum atomic E-state index is 12.0. The predicted octanol–water partition coefficient (Wildman–Crippen LogP) is 0.919. The number of amides is 1. The molecule has 1 atom stereocenters. The van der Waals surface area contributed by atoms with Crippen LogP contribution < -0.4 is 0 Å². The second kappa shape index (κ2) is 6.93. The maximum Gasteiger partial charge on any atom is 0.410 e. The van der Waals surface area contributed by atoms with Crippen LogP contribution in [-0.4, -0.2) is 59.7 Å². The highest BCUT2D eigenvalue weighted by atomic mass is 32.2. The molecular weight excluding hydrogens is 294 g/mol. The molecule has 1 aromatic rings. The lowest BCUT2D eigenvalue weighted by Crippen LogP contribution is -2.42. The summed E-state index contributed by atoms with van der Waals surface area (Å²) in [6.07, 6.45) is 6.07. The Balaban J connectivity index is 1.94. The number of nitrogens with zero attached hydrogens (tertiary/aromatic N) is 3. The van der Waals surface area contributed by atoms with Crippen LogP contribution in [0.25, 0.3) is 0 Å². The second-order valence-electron chi connectivity index (χ2n) is 5.10. The fraction of sp³-hybridized carbons (Fsp3) is 0.692. The van der Waals surface area contributed by atoms with Crippen molar-refractivity contribution in [2.75, 3.05) is 24.7 Å². The van der Waals surface area contributed by atoms with Gasteiger partial charge in [-0.15, -0.1) is 0 Å². The number of rotatable bonds is 6. The number of imidazole rings is 1. The molecule has 2 heterocycles. The van der Waals surface area contributed by atoms with E-state index in [0.29, 0.717) is 13.0 Å². The van der Waals surface area contributed by atoms with Gasteiger partial charge in [0.15, 0.2) is 9.84 Å². The molecule has 0 saturated carbocycles. The fourth-order valence-electron chi connectivity index (χ4n) is 2.49. The van der Waals surface area contributed by atoms with Gasteiger partial charge in [-0.1, -0.05) is 0 Å². The summed E-state index contributed by atoms with van der Waals surface area (Å²) in [5.74, 6) is 0.186. The van der Waals surface area contributed by atoms with Gasteiger partial charge in [0.1, 0.15) is 0 Å². The van der Waals surface area contributed by atoms with Crippen molar-refractivity contribution >= 4 is 15.9 Å². The summed E-state index contributed by atoms with van der Waals surface area (Å²) in [5.41, 5.74) is 0. The Morgan fingerprint density at radius 3 is 2.90 bits per heavy atom. The number of hydrogen-bond donors (Lipinski definition) is 0. The Morgan fingerprint density at radius 2 is 2.33 bits per heavy atom. The van der Waals surface area contributed by atoms with Gasteiger partial charge < -0.3 is 14.2 Å². The van der Waals surface area contributed by atoms with E-state index in [1.807, 2.05) is 10.8 Å². The molecule has 0 bridgehead atoms. The molecule has 0 aromatic carbocycles. The van der Waals surface area contributed by atoms with Crippen molar-refractivity contribution in [2.24, 2.45) is 0 Å². The van der Waals surface area contributed by atoms with E-state index >= 15 is 0 Å². The lowest BCUT2D eigenvalue weighted by Gasteiger charge is -2.27. The fourth-order valence-corrected chi connectivity index (χ4v) is 4.22. The molecule has 21 heavy (non-hydrogen) atoms. The van der Waals surface area contributed by atoms with Crippen LogP contribution in [0.1, 0.15) is 19.8 Å². The summed E-state index contributed by atoms with van der Waals surface area (Å²) in [7, 11) is -3.02. The lowest BCUT2D eigenvalue weighted by atomic mass is 10.2. The Kier molecular flexibility index (Phi) is 5.22.